The van der Waals surface area contributed by atoms with Gasteiger partial charge in [-0.2, -0.15) is 0 Å². The van der Waals surface area contributed by atoms with Crippen LogP contribution in [-0.4, -0.2) is 41.9 Å². The second-order valence-electron chi connectivity index (χ2n) is 11.0. The summed E-state index contributed by atoms with van der Waals surface area (Å²) in [6, 6.07) is 13.7. The van der Waals surface area contributed by atoms with Crippen LogP contribution in [0.3, 0.4) is 0 Å². The fraction of sp³-hybridized carbons (Fsp3) is 0.379. The smallest absolute Gasteiger partial charge is 0.408 e. The summed E-state index contributed by atoms with van der Waals surface area (Å²) in [7, 11) is 0. The quantitative estimate of drug-likeness (QED) is 0.263. The minimum Gasteiger partial charge on any atom is -0.456 e. The number of hydrogen-bond donors (Lipinski definition) is 1. The molecule has 0 heterocycles. The number of benzene rings is 3. The van der Waals surface area contributed by atoms with Crippen molar-refractivity contribution in [2.45, 2.75) is 60.1 Å². The Hall–Kier alpha value is -3.74. The Morgan fingerprint density at radius 2 is 1.31 bits per heavy atom. The highest BCUT2D eigenvalue weighted by molar-refractivity contribution is 6.06. The number of esters is 1. The molecule has 7 heteroatoms. The molecule has 190 valence electrons. The summed E-state index contributed by atoms with van der Waals surface area (Å²) < 4.78 is 10.6. The van der Waals surface area contributed by atoms with E-state index in [1.165, 1.54) is 6.92 Å². The van der Waals surface area contributed by atoms with Crippen molar-refractivity contribution in [3.8, 4) is 0 Å². The lowest BCUT2D eigenvalue weighted by molar-refractivity contribution is -0.147. The fourth-order valence-electron chi connectivity index (χ4n) is 3.75. The van der Waals surface area contributed by atoms with Gasteiger partial charge in [0.2, 0.25) is 0 Å². The molecule has 36 heavy (non-hydrogen) atoms. The van der Waals surface area contributed by atoms with Gasteiger partial charge in [0.05, 0.1) is 0 Å². The Bertz CT molecular complexity index is 1340. The summed E-state index contributed by atoms with van der Waals surface area (Å²) in [4.78, 5) is 49.5. The zero-order valence-electron chi connectivity index (χ0n) is 21.9. The maximum Gasteiger partial charge on any atom is 0.408 e. The number of carbonyl (C=O) groups is 4. The highest BCUT2D eigenvalue weighted by Crippen LogP contribution is 2.26. The molecule has 1 atom stereocenters. The van der Waals surface area contributed by atoms with Gasteiger partial charge < -0.3 is 14.8 Å². The number of alkyl carbamates (subject to hydrolysis) is 1. The summed E-state index contributed by atoms with van der Waals surface area (Å²) in [5, 5.41) is 6.23. The fourth-order valence-corrected chi connectivity index (χ4v) is 3.75. The van der Waals surface area contributed by atoms with Crippen LogP contribution in [-0.2, 0) is 14.3 Å². The van der Waals surface area contributed by atoms with E-state index in [1.54, 1.807) is 59.7 Å². The molecule has 0 aliphatic heterocycles. The monoisotopic (exact) mass is 491 g/mol. The van der Waals surface area contributed by atoms with Gasteiger partial charge in [0.25, 0.3) is 0 Å². The Labute approximate surface area is 211 Å². The van der Waals surface area contributed by atoms with Gasteiger partial charge in [-0.05, 0) is 78.9 Å². The van der Waals surface area contributed by atoms with Crippen LogP contribution in [0.2, 0.25) is 0 Å². The first-order valence-corrected chi connectivity index (χ1v) is 11.8. The maximum absolute atomic E-state index is 12.8. The third kappa shape index (κ3) is 6.68. The number of Topliss-reactive ketones (excluding diaryl/α,β-unsaturated/α-hetero) is 2. The predicted octanol–water partition coefficient (Wildman–Crippen LogP) is 5.86. The Morgan fingerprint density at radius 1 is 0.778 bits per heavy atom. The van der Waals surface area contributed by atoms with Gasteiger partial charge in [-0.3, -0.25) is 9.59 Å². The van der Waals surface area contributed by atoms with Gasteiger partial charge in [-0.1, -0.05) is 45.0 Å². The van der Waals surface area contributed by atoms with Crippen molar-refractivity contribution >= 4 is 45.2 Å². The Morgan fingerprint density at radius 3 is 1.81 bits per heavy atom. The molecule has 1 amide bonds. The largest absolute Gasteiger partial charge is 0.456 e. The number of nitrogens with one attached hydrogen (secondary N) is 1. The molecule has 0 saturated heterocycles. The Kier molecular flexibility index (Phi) is 7.53. The minimum absolute atomic E-state index is 0.00230. The van der Waals surface area contributed by atoms with Gasteiger partial charge in [-0.25, -0.2) is 9.59 Å². The first kappa shape index (κ1) is 26.9. The van der Waals surface area contributed by atoms with Crippen molar-refractivity contribution in [1.82, 2.24) is 5.32 Å². The van der Waals surface area contributed by atoms with Crippen molar-refractivity contribution in [1.29, 1.82) is 0 Å². The molecule has 3 rings (SSSR count). The van der Waals surface area contributed by atoms with Crippen LogP contribution in [0, 0.1) is 5.41 Å². The van der Waals surface area contributed by atoms with Gasteiger partial charge in [0, 0.05) is 11.1 Å². The van der Waals surface area contributed by atoms with Crippen LogP contribution in [0.15, 0.2) is 48.5 Å². The van der Waals surface area contributed by atoms with E-state index >= 15 is 0 Å². The molecule has 0 unspecified atom stereocenters. The van der Waals surface area contributed by atoms with Crippen molar-refractivity contribution < 1.29 is 28.7 Å². The topological polar surface area (TPSA) is 98.8 Å². The molecule has 0 spiro atoms. The second kappa shape index (κ2) is 10.1. The summed E-state index contributed by atoms with van der Waals surface area (Å²) >= 11 is 0. The van der Waals surface area contributed by atoms with E-state index in [0.717, 1.165) is 21.5 Å². The number of hydrogen-bond acceptors (Lipinski definition) is 6. The normalized spacial score (nSPS) is 12.8. The number of rotatable bonds is 6. The molecule has 0 aromatic heterocycles. The molecule has 1 N–H and O–H groups in total. The highest BCUT2D eigenvalue weighted by Gasteiger charge is 2.35. The molecule has 0 radical (unpaired) electrons. The third-order valence-electron chi connectivity index (χ3n) is 5.63. The highest BCUT2D eigenvalue weighted by atomic mass is 16.6. The summed E-state index contributed by atoms with van der Waals surface area (Å²) in [6.45, 7) is 11.6. The molecular formula is C29H33NO6. The van der Waals surface area contributed by atoms with E-state index in [0.29, 0.717) is 11.1 Å². The molecular weight excluding hydrogens is 458 g/mol. The van der Waals surface area contributed by atoms with Gasteiger partial charge >= 0.3 is 12.1 Å². The van der Waals surface area contributed by atoms with Crippen molar-refractivity contribution in [3.05, 3.63) is 59.7 Å². The molecule has 0 fully saturated rings. The summed E-state index contributed by atoms with van der Waals surface area (Å²) in [5.41, 5.74) is -0.333. The van der Waals surface area contributed by atoms with Crippen LogP contribution >= 0.6 is 0 Å². The SMILES string of the molecule is CC(=O)c1ccc2cc3cc(C(=O)COC(=O)[C@@H](NC(=O)OC(C)(C)C)C(C)(C)C)ccc3cc2c1. The first-order valence-electron chi connectivity index (χ1n) is 11.8. The molecule has 7 nitrogen and oxygen atoms in total. The van der Waals surface area contributed by atoms with Crippen molar-refractivity contribution in [2.75, 3.05) is 6.61 Å². The lowest BCUT2D eigenvalue weighted by Crippen LogP contribution is -2.51. The number of amides is 1. The number of ketones is 2. The summed E-state index contributed by atoms with van der Waals surface area (Å²) in [6.07, 6.45) is -0.733. The number of carbonyl (C=O) groups excluding carboxylic acids is 4. The molecule has 0 bridgehead atoms. The van der Waals surface area contributed by atoms with Crippen LogP contribution in [0.1, 0.15) is 69.2 Å². The summed E-state index contributed by atoms with van der Waals surface area (Å²) in [5.74, 6) is -1.07. The van der Waals surface area contributed by atoms with Crippen LogP contribution in [0.5, 0.6) is 0 Å². The molecule has 3 aromatic carbocycles. The lowest BCUT2D eigenvalue weighted by atomic mass is 9.87. The van der Waals surface area contributed by atoms with Crippen molar-refractivity contribution in [2.24, 2.45) is 5.41 Å². The number of fused-ring (bicyclic) bond motifs is 2. The standard InChI is InChI=1S/C29H33NO6/c1-17(31)18-8-9-19-14-23-15-21(11-10-20(23)13-22(19)12-18)24(32)16-35-26(33)25(28(2,3)4)30-27(34)36-29(5,6)7/h8-15,25H,16H2,1-7H3,(H,30,34)/t25-/m1/s1. The average molecular weight is 492 g/mol. The zero-order valence-corrected chi connectivity index (χ0v) is 21.9. The van der Waals surface area contributed by atoms with Gasteiger partial charge in [0.15, 0.2) is 18.2 Å². The number of ether oxygens (including phenoxy) is 2. The molecule has 0 aliphatic rings. The molecule has 3 aromatic rings. The molecule has 0 saturated carbocycles. The van der Waals surface area contributed by atoms with E-state index in [4.69, 9.17) is 9.47 Å². The predicted molar refractivity (Wildman–Crippen MR) is 139 cm³/mol. The third-order valence-corrected chi connectivity index (χ3v) is 5.63. The van der Waals surface area contributed by atoms with Gasteiger partial charge in [0.1, 0.15) is 11.6 Å². The average Bonchev–Trinajstić information content (AvgIpc) is 2.76. The van der Waals surface area contributed by atoms with E-state index in [1.807, 2.05) is 30.3 Å². The van der Waals surface area contributed by atoms with Crippen LogP contribution in [0.25, 0.3) is 21.5 Å². The Balaban J connectivity index is 1.74. The second-order valence-corrected chi connectivity index (χ2v) is 11.0. The van der Waals surface area contributed by atoms with E-state index < -0.39 is 35.7 Å². The van der Waals surface area contributed by atoms with E-state index in [2.05, 4.69) is 5.32 Å². The minimum atomic E-state index is -0.997. The molecule has 0 aliphatic carbocycles. The van der Waals surface area contributed by atoms with Crippen molar-refractivity contribution in [3.63, 3.8) is 0 Å². The van der Waals surface area contributed by atoms with Crippen LogP contribution < -0.4 is 5.32 Å². The first-order chi connectivity index (χ1) is 16.6. The van der Waals surface area contributed by atoms with Gasteiger partial charge in [-0.15, -0.1) is 0 Å². The van der Waals surface area contributed by atoms with E-state index in [9.17, 15) is 19.2 Å². The lowest BCUT2D eigenvalue weighted by Gasteiger charge is -2.30. The van der Waals surface area contributed by atoms with Crippen LogP contribution in [0.4, 0.5) is 4.79 Å². The zero-order chi connectivity index (χ0) is 26.8. The van der Waals surface area contributed by atoms with E-state index in [-0.39, 0.29) is 11.6 Å². The maximum atomic E-state index is 12.8.